The van der Waals surface area contributed by atoms with Gasteiger partial charge in [0.25, 0.3) is 0 Å². The van der Waals surface area contributed by atoms with E-state index in [2.05, 4.69) is 16.0 Å². The summed E-state index contributed by atoms with van der Waals surface area (Å²) in [6, 6.07) is 1.51. The second-order valence-electron chi connectivity index (χ2n) is 7.13. The number of thioether (sulfide) groups is 1. The summed E-state index contributed by atoms with van der Waals surface area (Å²) in [5.41, 5.74) is 6.52. The number of carboxylic acids is 1. The minimum Gasteiger partial charge on any atom is -0.508 e. The van der Waals surface area contributed by atoms with E-state index in [1.165, 1.54) is 30.8 Å². The lowest BCUT2D eigenvalue weighted by Gasteiger charge is -2.23. The number of phenols is 1. The van der Waals surface area contributed by atoms with Crippen LogP contribution in [-0.4, -0.2) is 81.8 Å². The lowest BCUT2D eigenvalue weighted by atomic mass is 10.0. The Balaban J connectivity index is 2.90. The number of carboxylic acid groups (broad SMARTS) is 1. The molecule has 1 aromatic carbocycles. The fourth-order valence-corrected chi connectivity index (χ4v) is 3.08. The first-order valence-electron chi connectivity index (χ1n) is 9.86. The number of nitrogens with two attached hydrogens (primary N) is 1. The molecule has 0 aliphatic heterocycles. The Labute approximate surface area is 190 Å². The molecule has 0 aliphatic rings. The van der Waals surface area contributed by atoms with E-state index < -0.39 is 54.5 Å². The molecule has 0 fully saturated rings. The number of carbonyl (C=O) groups is 4. The molecule has 3 amide bonds. The number of carbonyl (C=O) groups excluding carboxylic acids is 3. The van der Waals surface area contributed by atoms with Crippen molar-refractivity contribution < 1.29 is 34.5 Å². The van der Waals surface area contributed by atoms with Crippen molar-refractivity contribution in [2.24, 2.45) is 5.73 Å². The summed E-state index contributed by atoms with van der Waals surface area (Å²) < 4.78 is 0. The molecule has 0 bridgehead atoms. The molecule has 178 valence electrons. The van der Waals surface area contributed by atoms with Crippen LogP contribution in [0.25, 0.3) is 0 Å². The summed E-state index contributed by atoms with van der Waals surface area (Å²) in [6.07, 6.45) is 2.36. The first-order chi connectivity index (χ1) is 15.1. The van der Waals surface area contributed by atoms with Crippen LogP contribution in [-0.2, 0) is 25.6 Å². The maximum Gasteiger partial charge on any atom is 0.328 e. The highest BCUT2D eigenvalue weighted by molar-refractivity contribution is 7.98. The number of benzene rings is 1. The van der Waals surface area contributed by atoms with Gasteiger partial charge in [-0.15, -0.1) is 0 Å². The van der Waals surface area contributed by atoms with Gasteiger partial charge < -0.3 is 37.0 Å². The van der Waals surface area contributed by atoms with Crippen molar-refractivity contribution in [2.75, 3.05) is 18.6 Å². The lowest BCUT2D eigenvalue weighted by molar-refractivity contribution is -0.143. The van der Waals surface area contributed by atoms with Gasteiger partial charge in [-0.1, -0.05) is 12.1 Å². The van der Waals surface area contributed by atoms with Gasteiger partial charge in [0.05, 0.1) is 12.6 Å². The smallest absolute Gasteiger partial charge is 0.328 e. The third kappa shape index (κ3) is 9.12. The molecule has 1 rings (SSSR count). The van der Waals surface area contributed by atoms with Crippen LogP contribution < -0.4 is 21.7 Å². The topological polar surface area (TPSA) is 191 Å². The lowest BCUT2D eigenvalue weighted by Crippen LogP contribution is -2.57. The normalized spacial score (nSPS) is 14.5. The van der Waals surface area contributed by atoms with Crippen molar-refractivity contribution in [3.63, 3.8) is 0 Å². The fourth-order valence-electron chi connectivity index (χ4n) is 2.59. The van der Waals surface area contributed by atoms with E-state index in [-0.39, 0.29) is 12.2 Å². The monoisotopic (exact) mass is 470 g/mol. The number of aromatic hydroxyl groups is 1. The zero-order valence-corrected chi connectivity index (χ0v) is 18.7. The van der Waals surface area contributed by atoms with E-state index in [0.717, 1.165) is 0 Å². The maximum absolute atomic E-state index is 12.8. The highest BCUT2D eigenvalue weighted by atomic mass is 32.2. The van der Waals surface area contributed by atoms with Crippen molar-refractivity contribution in [1.82, 2.24) is 16.0 Å². The Morgan fingerprint density at radius 2 is 1.59 bits per heavy atom. The molecule has 4 unspecified atom stereocenters. The van der Waals surface area contributed by atoms with Crippen LogP contribution in [0.5, 0.6) is 5.75 Å². The molecule has 11 nitrogen and oxygen atoms in total. The SMILES string of the molecule is CSCCC(N)C(=O)NC(Cc1ccc(O)cc1)C(=O)NC(C)C(=O)NC(CO)C(=O)O. The zero-order valence-electron chi connectivity index (χ0n) is 17.9. The molecule has 0 radical (unpaired) electrons. The van der Waals surface area contributed by atoms with Crippen LogP contribution in [0, 0.1) is 0 Å². The highest BCUT2D eigenvalue weighted by Crippen LogP contribution is 2.12. The molecule has 0 heterocycles. The van der Waals surface area contributed by atoms with Gasteiger partial charge in [0.2, 0.25) is 17.7 Å². The molecule has 8 N–H and O–H groups in total. The van der Waals surface area contributed by atoms with Gasteiger partial charge in [-0.3, -0.25) is 14.4 Å². The molecule has 0 aliphatic carbocycles. The molecule has 32 heavy (non-hydrogen) atoms. The third-order valence-corrected chi connectivity index (χ3v) is 5.17. The summed E-state index contributed by atoms with van der Waals surface area (Å²) in [5, 5.41) is 34.5. The Kier molecular flexibility index (Phi) is 11.5. The maximum atomic E-state index is 12.8. The van der Waals surface area contributed by atoms with E-state index >= 15 is 0 Å². The summed E-state index contributed by atoms with van der Waals surface area (Å²) in [6.45, 7) is 0.530. The van der Waals surface area contributed by atoms with Gasteiger partial charge in [-0.25, -0.2) is 4.79 Å². The highest BCUT2D eigenvalue weighted by Gasteiger charge is 2.28. The number of nitrogens with one attached hydrogen (secondary N) is 3. The first kappa shape index (κ1) is 27.2. The van der Waals surface area contributed by atoms with Crippen LogP contribution in [0.1, 0.15) is 18.9 Å². The summed E-state index contributed by atoms with van der Waals surface area (Å²) >= 11 is 1.53. The van der Waals surface area contributed by atoms with E-state index in [9.17, 15) is 24.3 Å². The predicted octanol–water partition coefficient (Wildman–Crippen LogP) is -1.43. The van der Waals surface area contributed by atoms with Crippen LogP contribution in [0.4, 0.5) is 0 Å². The number of rotatable bonds is 13. The molecule has 0 aromatic heterocycles. The zero-order chi connectivity index (χ0) is 24.3. The van der Waals surface area contributed by atoms with E-state index in [1.807, 2.05) is 6.26 Å². The molecule has 0 saturated heterocycles. The first-order valence-corrected chi connectivity index (χ1v) is 11.3. The number of aliphatic hydroxyl groups excluding tert-OH is 1. The number of aliphatic carboxylic acids is 1. The van der Waals surface area contributed by atoms with Crippen LogP contribution >= 0.6 is 11.8 Å². The summed E-state index contributed by atoms with van der Waals surface area (Å²) in [4.78, 5) is 48.4. The van der Waals surface area contributed by atoms with Crippen LogP contribution in [0.2, 0.25) is 0 Å². The van der Waals surface area contributed by atoms with Gasteiger partial charge in [-0.05, 0) is 43.0 Å². The minimum atomic E-state index is -1.51. The molecule has 1 aromatic rings. The summed E-state index contributed by atoms with van der Waals surface area (Å²) in [5.74, 6) is -2.73. The van der Waals surface area contributed by atoms with Crippen molar-refractivity contribution in [3.05, 3.63) is 29.8 Å². The molecule has 4 atom stereocenters. The van der Waals surface area contributed by atoms with Crippen molar-refractivity contribution >= 4 is 35.5 Å². The molecule has 0 saturated carbocycles. The predicted molar refractivity (Wildman–Crippen MR) is 119 cm³/mol. The van der Waals surface area contributed by atoms with Crippen molar-refractivity contribution in [3.8, 4) is 5.75 Å². The number of phenolic OH excluding ortho intramolecular Hbond substituents is 1. The quantitative estimate of drug-likeness (QED) is 0.181. The van der Waals surface area contributed by atoms with Crippen LogP contribution in [0.15, 0.2) is 24.3 Å². The van der Waals surface area contributed by atoms with Crippen molar-refractivity contribution in [2.45, 2.75) is 43.9 Å². The van der Waals surface area contributed by atoms with Crippen LogP contribution in [0.3, 0.4) is 0 Å². The molecule has 12 heteroatoms. The fraction of sp³-hybridized carbons (Fsp3) is 0.500. The Morgan fingerprint density at radius 1 is 1.00 bits per heavy atom. The third-order valence-electron chi connectivity index (χ3n) is 4.53. The Hall–Kier alpha value is -2.83. The van der Waals surface area contributed by atoms with Gasteiger partial charge in [0, 0.05) is 6.42 Å². The summed E-state index contributed by atoms with van der Waals surface area (Å²) in [7, 11) is 0. The molecule has 0 spiro atoms. The average Bonchev–Trinajstić information content (AvgIpc) is 2.75. The van der Waals surface area contributed by atoms with Gasteiger partial charge in [0.1, 0.15) is 23.9 Å². The average molecular weight is 471 g/mol. The second-order valence-corrected chi connectivity index (χ2v) is 8.12. The Bertz CT molecular complexity index is 791. The van der Waals surface area contributed by atoms with Gasteiger partial charge >= 0.3 is 5.97 Å². The minimum absolute atomic E-state index is 0.0417. The number of hydrogen-bond acceptors (Lipinski definition) is 8. The number of hydrogen-bond donors (Lipinski definition) is 7. The number of aliphatic hydroxyl groups is 1. The number of amides is 3. The molecular formula is C20H30N4O7S. The van der Waals surface area contributed by atoms with E-state index in [1.54, 1.807) is 12.1 Å². The Morgan fingerprint density at radius 3 is 2.12 bits per heavy atom. The van der Waals surface area contributed by atoms with Gasteiger partial charge in [-0.2, -0.15) is 11.8 Å². The van der Waals surface area contributed by atoms with Crippen molar-refractivity contribution in [1.29, 1.82) is 0 Å². The van der Waals surface area contributed by atoms with E-state index in [4.69, 9.17) is 15.9 Å². The van der Waals surface area contributed by atoms with Gasteiger partial charge in [0.15, 0.2) is 0 Å². The standard InChI is InChI=1S/C20H30N4O7S/c1-11(17(27)24-16(10-25)20(30)31)22-19(29)15(9-12-3-5-13(26)6-4-12)23-18(28)14(21)7-8-32-2/h3-6,11,14-16,25-26H,7-10,21H2,1-2H3,(H,22,29)(H,23,28)(H,24,27)(H,30,31). The second kappa shape index (κ2) is 13.6. The molecular weight excluding hydrogens is 440 g/mol. The largest absolute Gasteiger partial charge is 0.508 e. The van der Waals surface area contributed by atoms with E-state index in [0.29, 0.717) is 17.7 Å².